The number of carbonyl (C=O) groups excluding carboxylic acids is 2. The molecule has 4 rings (SSSR count). The lowest BCUT2D eigenvalue weighted by atomic mass is 10.1. The van der Waals surface area contributed by atoms with E-state index in [1.807, 2.05) is 40.8 Å². The average Bonchev–Trinajstić information content (AvgIpc) is 3.26. The number of imidazole rings is 1. The monoisotopic (exact) mass is 428 g/mol. The number of ether oxygens (including phenoxy) is 1. The molecule has 0 saturated carbocycles. The van der Waals surface area contributed by atoms with Crippen molar-refractivity contribution in [2.45, 2.75) is 13.3 Å². The number of carbonyl (C=O) groups is 2. The molecule has 1 N–H and O–H groups in total. The van der Waals surface area contributed by atoms with Crippen LogP contribution < -0.4 is 10.2 Å². The summed E-state index contributed by atoms with van der Waals surface area (Å²) in [5, 5.41) is 2.63. The van der Waals surface area contributed by atoms with Crippen molar-refractivity contribution in [1.82, 2.24) is 9.38 Å². The number of rotatable bonds is 5. The van der Waals surface area contributed by atoms with Crippen molar-refractivity contribution in [3.05, 3.63) is 84.2 Å². The van der Waals surface area contributed by atoms with Gasteiger partial charge in [0.25, 0.3) is 5.91 Å². The Bertz CT molecular complexity index is 1280. The Balaban J connectivity index is 1.64. The number of hydrogen-bond donors (Lipinski definition) is 1. The molecule has 0 aliphatic carbocycles. The van der Waals surface area contributed by atoms with Crippen LogP contribution in [0.5, 0.6) is 0 Å². The number of anilines is 2. The van der Waals surface area contributed by atoms with Gasteiger partial charge in [-0.05, 0) is 48.4 Å². The van der Waals surface area contributed by atoms with E-state index in [1.165, 1.54) is 12.7 Å². The van der Waals surface area contributed by atoms with Gasteiger partial charge >= 0.3 is 6.09 Å². The molecule has 2 aromatic heterocycles. The molecule has 7 heteroatoms. The average molecular weight is 428 g/mol. The van der Waals surface area contributed by atoms with E-state index in [0.717, 1.165) is 29.0 Å². The van der Waals surface area contributed by atoms with Gasteiger partial charge in [-0.25, -0.2) is 9.78 Å². The Hall–Kier alpha value is -4.13. The summed E-state index contributed by atoms with van der Waals surface area (Å²) in [6.07, 6.45) is 3.96. The molecule has 0 spiro atoms. The summed E-state index contributed by atoms with van der Waals surface area (Å²) in [5.74, 6) is -0.0996. The summed E-state index contributed by atoms with van der Waals surface area (Å²) in [7, 11) is 3.10. The molecule has 0 bridgehead atoms. The first kappa shape index (κ1) is 21.1. The molecule has 0 aliphatic rings. The van der Waals surface area contributed by atoms with Crippen molar-refractivity contribution in [3.8, 4) is 11.3 Å². The van der Waals surface area contributed by atoms with Gasteiger partial charge in [0.2, 0.25) is 0 Å². The summed E-state index contributed by atoms with van der Waals surface area (Å²) in [6.45, 7) is 2.09. The van der Waals surface area contributed by atoms with E-state index in [0.29, 0.717) is 11.3 Å². The number of nitrogens with zero attached hydrogens (tertiary/aromatic N) is 3. The number of amides is 2. The zero-order valence-corrected chi connectivity index (χ0v) is 18.2. The lowest BCUT2D eigenvalue weighted by Gasteiger charge is -2.18. The Kier molecular flexibility index (Phi) is 5.89. The van der Waals surface area contributed by atoms with Gasteiger partial charge in [0, 0.05) is 30.2 Å². The Morgan fingerprint density at radius 1 is 1.09 bits per heavy atom. The third kappa shape index (κ3) is 4.18. The number of aryl methyl sites for hydroxylation is 1. The maximum Gasteiger partial charge on any atom is 0.411 e. The topological polar surface area (TPSA) is 75.9 Å². The summed E-state index contributed by atoms with van der Waals surface area (Å²) >= 11 is 0. The first-order valence-corrected chi connectivity index (χ1v) is 10.3. The fraction of sp³-hybridized carbons (Fsp3) is 0.160. The maximum atomic E-state index is 13.2. The minimum atomic E-state index is -0.524. The quantitative estimate of drug-likeness (QED) is 0.484. The predicted octanol–water partition coefficient (Wildman–Crippen LogP) is 5.02. The van der Waals surface area contributed by atoms with Gasteiger partial charge in [-0.3, -0.25) is 14.5 Å². The van der Waals surface area contributed by atoms with Gasteiger partial charge in [0.15, 0.2) is 0 Å². The second kappa shape index (κ2) is 8.93. The van der Waals surface area contributed by atoms with Gasteiger partial charge in [0.1, 0.15) is 5.65 Å². The summed E-state index contributed by atoms with van der Waals surface area (Å²) in [4.78, 5) is 30.7. The van der Waals surface area contributed by atoms with E-state index in [-0.39, 0.29) is 5.91 Å². The molecule has 162 valence electrons. The highest BCUT2D eigenvalue weighted by Gasteiger charge is 2.16. The van der Waals surface area contributed by atoms with Crippen molar-refractivity contribution in [1.29, 1.82) is 0 Å². The van der Waals surface area contributed by atoms with Gasteiger partial charge in [-0.2, -0.15) is 0 Å². The molecule has 0 fully saturated rings. The number of aromatic nitrogens is 2. The van der Waals surface area contributed by atoms with Gasteiger partial charge < -0.3 is 9.64 Å². The van der Waals surface area contributed by atoms with E-state index in [1.54, 1.807) is 42.5 Å². The SMILES string of the molecule is CCc1cccc(N(C)C(=O)c2ccc3ncc(-c4ccc(NC(=O)OC)cc4)n3c2)c1. The highest BCUT2D eigenvalue weighted by atomic mass is 16.5. The zero-order valence-electron chi connectivity index (χ0n) is 18.2. The number of benzene rings is 2. The van der Waals surface area contributed by atoms with Crippen molar-refractivity contribution in [2.24, 2.45) is 0 Å². The minimum Gasteiger partial charge on any atom is -0.453 e. The largest absolute Gasteiger partial charge is 0.453 e. The lowest BCUT2D eigenvalue weighted by Crippen LogP contribution is -2.26. The number of pyridine rings is 1. The highest BCUT2D eigenvalue weighted by molar-refractivity contribution is 6.05. The molecule has 0 aliphatic heterocycles. The number of hydrogen-bond acceptors (Lipinski definition) is 4. The van der Waals surface area contributed by atoms with Crippen molar-refractivity contribution in [3.63, 3.8) is 0 Å². The third-order valence-electron chi connectivity index (χ3n) is 5.38. The number of methoxy groups -OCH3 is 1. The van der Waals surface area contributed by atoms with Crippen LogP contribution >= 0.6 is 0 Å². The van der Waals surface area contributed by atoms with Crippen molar-refractivity contribution < 1.29 is 14.3 Å². The van der Waals surface area contributed by atoms with Crippen LogP contribution in [0, 0.1) is 0 Å². The number of nitrogens with one attached hydrogen (secondary N) is 1. The summed E-state index contributed by atoms with van der Waals surface area (Å²) in [6, 6.07) is 18.9. The fourth-order valence-electron chi connectivity index (χ4n) is 3.51. The molecule has 2 amide bonds. The molecule has 0 atom stereocenters. The first-order valence-electron chi connectivity index (χ1n) is 10.3. The zero-order chi connectivity index (χ0) is 22.7. The van der Waals surface area contributed by atoms with E-state index in [9.17, 15) is 9.59 Å². The fourth-order valence-corrected chi connectivity index (χ4v) is 3.51. The highest BCUT2D eigenvalue weighted by Crippen LogP contribution is 2.24. The molecule has 32 heavy (non-hydrogen) atoms. The van der Waals surface area contributed by atoms with Crippen LogP contribution in [0.25, 0.3) is 16.9 Å². The van der Waals surface area contributed by atoms with Crippen molar-refractivity contribution >= 4 is 29.0 Å². The lowest BCUT2D eigenvalue weighted by molar-refractivity contribution is 0.0992. The maximum absolute atomic E-state index is 13.2. The van der Waals surface area contributed by atoms with Gasteiger partial charge in [-0.1, -0.05) is 31.2 Å². The minimum absolute atomic E-state index is 0.0996. The molecule has 0 radical (unpaired) electrons. The van der Waals surface area contributed by atoms with Crippen LogP contribution in [0.1, 0.15) is 22.8 Å². The molecular formula is C25H24N4O3. The van der Waals surface area contributed by atoms with Crippen LogP contribution in [0.2, 0.25) is 0 Å². The van der Waals surface area contributed by atoms with Gasteiger partial charge in [0.05, 0.1) is 24.6 Å². The second-order valence-corrected chi connectivity index (χ2v) is 7.37. The van der Waals surface area contributed by atoms with Crippen molar-refractivity contribution in [2.75, 3.05) is 24.4 Å². The van der Waals surface area contributed by atoms with Crippen LogP contribution in [-0.2, 0) is 11.2 Å². The van der Waals surface area contributed by atoms with E-state index < -0.39 is 6.09 Å². The molecule has 2 aromatic carbocycles. The van der Waals surface area contributed by atoms with E-state index in [2.05, 4.69) is 28.0 Å². The molecule has 0 unspecified atom stereocenters. The molecule has 4 aromatic rings. The van der Waals surface area contributed by atoms with Crippen LogP contribution in [0.15, 0.2) is 73.1 Å². The Morgan fingerprint density at radius 3 is 2.59 bits per heavy atom. The molecular weight excluding hydrogens is 404 g/mol. The predicted molar refractivity (Wildman–Crippen MR) is 125 cm³/mol. The van der Waals surface area contributed by atoms with Crippen LogP contribution in [0.4, 0.5) is 16.2 Å². The molecule has 0 saturated heterocycles. The van der Waals surface area contributed by atoms with Gasteiger partial charge in [-0.15, -0.1) is 0 Å². The number of fused-ring (bicyclic) bond motifs is 1. The smallest absolute Gasteiger partial charge is 0.411 e. The third-order valence-corrected chi connectivity index (χ3v) is 5.38. The van der Waals surface area contributed by atoms with E-state index in [4.69, 9.17) is 0 Å². The molecule has 7 nitrogen and oxygen atoms in total. The second-order valence-electron chi connectivity index (χ2n) is 7.37. The molecule has 2 heterocycles. The van der Waals surface area contributed by atoms with Crippen LogP contribution in [0.3, 0.4) is 0 Å². The Morgan fingerprint density at radius 2 is 1.88 bits per heavy atom. The normalized spacial score (nSPS) is 10.7. The van der Waals surface area contributed by atoms with Crippen LogP contribution in [-0.4, -0.2) is 35.5 Å². The first-order chi connectivity index (χ1) is 15.5. The van der Waals surface area contributed by atoms with E-state index >= 15 is 0 Å². The summed E-state index contributed by atoms with van der Waals surface area (Å²) < 4.78 is 6.51. The summed E-state index contributed by atoms with van der Waals surface area (Å²) in [5.41, 5.74) is 5.71. The standard InChI is InChI=1S/C25H24N4O3/c1-4-17-6-5-7-21(14-17)28(2)24(30)19-10-13-23-26-15-22(29(23)16-19)18-8-11-20(12-9-18)27-25(31)32-3/h5-16H,4H2,1-3H3,(H,27,31). The Labute approximate surface area is 186 Å².